The van der Waals surface area contributed by atoms with E-state index in [4.69, 9.17) is 0 Å². The van der Waals surface area contributed by atoms with E-state index < -0.39 is 0 Å². The van der Waals surface area contributed by atoms with Crippen molar-refractivity contribution in [3.05, 3.63) is 64.9 Å². The van der Waals surface area contributed by atoms with Gasteiger partial charge in [-0.1, -0.05) is 18.2 Å². The molecule has 2 heterocycles. The number of amides is 2. The predicted octanol–water partition coefficient (Wildman–Crippen LogP) is 2.26. The molecule has 7 nitrogen and oxygen atoms in total. The van der Waals surface area contributed by atoms with Crippen molar-refractivity contribution >= 4 is 28.8 Å². The molecule has 7 heteroatoms. The number of anilines is 2. The number of hydrogen-bond donors (Lipinski definition) is 1. The molecule has 2 aromatic rings. The highest BCUT2D eigenvalue weighted by Crippen LogP contribution is 2.36. The summed E-state index contributed by atoms with van der Waals surface area (Å²) < 4.78 is 0. The number of nitrogens with zero attached hydrogens (tertiary/aromatic N) is 4. The Balaban J connectivity index is 1.74. The van der Waals surface area contributed by atoms with Crippen molar-refractivity contribution in [2.45, 2.75) is 13.8 Å². The first kappa shape index (κ1) is 23.0. The summed E-state index contributed by atoms with van der Waals surface area (Å²) in [6, 6.07) is 13.4. The van der Waals surface area contributed by atoms with E-state index in [1.807, 2.05) is 80.2 Å². The zero-order chi connectivity index (χ0) is 23.7. The van der Waals surface area contributed by atoms with Crippen molar-refractivity contribution < 1.29 is 14.7 Å². The Kier molecular flexibility index (Phi) is 6.54. The van der Waals surface area contributed by atoms with Gasteiger partial charge in [-0.25, -0.2) is 4.90 Å². The fourth-order valence-electron chi connectivity index (χ4n) is 4.44. The van der Waals surface area contributed by atoms with Crippen LogP contribution in [0.4, 0.5) is 11.4 Å². The minimum Gasteiger partial charge on any atom is -0.395 e. The number of rotatable bonds is 6. The van der Waals surface area contributed by atoms with E-state index in [0.717, 1.165) is 35.5 Å². The van der Waals surface area contributed by atoms with E-state index in [0.29, 0.717) is 36.6 Å². The second-order valence-electron chi connectivity index (χ2n) is 8.93. The summed E-state index contributed by atoms with van der Waals surface area (Å²) >= 11 is 0. The maximum absolute atomic E-state index is 13.7. The molecule has 0 unspecified atom stereocenters. The molecule has 2 aliphatic rings. The Morgan fingerprint density at radius 2 is 1.55 bits per heavy atom. The molecule has 0 aliphatic carbocycles. The lowest BCUT2D eigenvalue weighted by atomic mass is 9.99. The van der Waals surface area contributed by atoms with Gasteiger partial charge in [0.1, 0.15) is 5.70 Å². The van der Waals surface area contributed by atoms with Crippen LogP contribution in [0.5, 0.6) is 0 Å². The highest BCUT2D eigenvalue weighted by Gasteiger charge is 2.43. The number of benzene rings is 2. The molecule has 1 N–H and O–H groups in total. The summed E-state index contributed by atoms with van der Waals surface area (Å²) in [5.41, 5.74) is 5.52. The summed E-state index contributed by atoms with van der Waals surface area (Å²) in [6.45, 7) is 7.54. The second-order valence-corrected chi connectivity index (χ2v) is 8.93. The average Bonchev–Trinajstić information content (AvgIpc) is 3.06. The molecule has 0 bridgehead atoms. The first-order valence-electron chi connectivity index (χ1n) is 11.4. The number of carbonyl (C=O) groups is 2. The lowest BCUT2D eigenvalue weighted by Crippen LogP contribution is -2.48. The second kappa shape index (κ2) is 9.37. The molecule has 0 radical (unpaired) electrons. The number of imide groups is 1. The van der Waals surface area contributed by atoms with Crippen LogP contribution in [0.1, 0.15) is 16.7 Å². The monoisotopic (exact) mass is 448 g/mol. The lowest BCUT2D eigenvalue weighted by Gasteiger charge is -2.36. The van der Waals surface area contributed by atoms with Gasteiger partial charge in [0.15, 0.2) is 0 Å². The van der Waals surface area contributed by atoms with Gasteiger partial charge in [0.05, 0.1) is 17.9 Å². The summed E-state index contributed by atoms with van der Waals surface area (Å²) in [5.74, 6) is -0.560. The third kappa shape index (κ3) is 4.38. The predicted molar refractivity (Wildman–Crippen MR) is 131 cm³/mol. The Labute approximate surface area is 195 Å². The summed E-state index contributed by atoms with van der Waals surface area (Å²) in [5, 5.41) is 9.25. The van der Waals surface area contributed by atoms with Crippen molar-refractivity contribution in [3.63, 3.8) is 0 Å². The Hall–Kier alpha value is -3.16. The lowest BCUT2D eigenvalue weighted by molar-refractivity contribution is -0.120. The van der Waals surface area contributed by atoms with Gasteiger partial charge in [0, 0.05) is 52.5 Å². The zero-order valence-corrected chi connectivity index (χ0v) is 19.8. The number of hydrogen-bond acceptors (Lipinski definition) is 6. The van der Waals surface area contributed by atoms with E-state index >= 15 is 0 Å². The summed E-state index contributed by atoms with van der Waals surface area (Å²) in [4.78, 5) is 34.9. The zero-order valence-electron chi connectivity index (χ0n) is 19.8. The van der Waals surface area contributed by atoms with Gasteiger partial charge < -0.3 is 14.9 Å². The van der Waals surface area contributed by atoms with Crippen LogP contribution >= 0.6 is 0 Å². The molecular formula is C26H32N4O3. The van der Waals surface area contributed by atoms with Crippen LogP contribution in [0.25, 0.3) is 5.57 Å². The fraction of sp³-hybridized carbons (Fsp3) is 0.385. The Morgan fingerprint density at radius 1 is 0.879 bits per heavy atom. The Bertz CT molecular complexity index is 1080. The van der Waals surface area contributed by atoms with Crippen molar-refractivity contribution in [2.24, 2.45) is 0 Å². The molecule has 2 aliphatic heterocycles. The van der Waals surface area contributed by atoms with Crippen LogP contribution in [-0.4, -0.2) is 80.1 Å². The van der Waals surface area contributed by atoms with Gasteiger partial charge in [-0.2, -0.15) is 0 Å². The molecule has 0 spiro atoms. The number of aliphatic hydroxyl groups excluding tert-OH is 1. The van der Waals surface area contributed by atoms with Crippen molar-refractivity contribution in [1.29, 1.82) is 0 Å². The van der Waals surface area contributed by atoms with E-state index in [1.54, 1.807) is 0 Å². The highest BCUT2D eigenvalue weighted by molar-refractivity contribution is 6.45. The molecule has 33 heavy (non-hydrogen) atoms. The molecule has 2 aromatic carbocycles. The van der Waals surface area contributed by atoms with Gasteiger partial charge in [0.2, 0.25) is 0 Å². The quantitative estimate of drug-likeness (QED) is 0.684. The van der Waals surface area contributed by atoms with Gasteiger partial charge >= 0.3 is 0 Å². The van der Waals surface area contributed by atoms with Crippen molar-refractivity contribution in [2.75, 3.05) is 63.2 Å². The third-order valence-electron chi connectivity index (χ3n) is 6.58. The van der Waals surface area contributed by atoms with Gasteiger partial charge in [-0.3, -0.25) is 14.5 Å². The van der Waals surface area contributed by atoms with Gasteiger partial charge in [0.25, 0.3) is 11.8 Å². The van der Waals surface area contributed by atoms with Crippen LogP contribution in [-0.2, 0) is 9.59 Å². The molecule has 0 atom stereocenters. The van der Waals surface area contributed by atoms with Crippen LogP contribution in [0.15, 0.2) is 48.2 Å². The fourth-order valence-corrected chi connectivity index (χ4v) is 4.44. The standard InChI is InChI=1S/C26H32N4O3/c1-18-5-6-20(17-19(18)2)23-24(29-13-11-28(12-14-29)15-16-31)26(33)30(25(23)32)22-9-7-21(8-10-22)27(3)4/h5-10,17,31H,11-16H2,1-4H3. The first-order valence-corrected chi connectivity index (χ1v) is 11.4. The van der Waals surface area contributed by atoms with Crippen molar-refractivity contribution in [1.82, 2.24) is 9.80 Å². The van der Waals surface area contributed by atoms with Gasteiger partial charge in [-0.15, -0.1) is 0 Å². The van der Waals surface area contributed by atoms with E-state index in [-0.39, 0.29) is 18.4 Å². The minimum atomic E-state index is -0.284. The maximum Gasteiger partial charge on any atom is 0.282 e. The number of aryl methyl sites for hydroxylation is 2. The largest absolute Gasteiger partial charge is 0.395 e. The smallest absolute Gasteiger partial charge is 0.282 e. The minimum absolute atomic E-state index is 0.116. The molecule has 0 aromatic heterocycles. The van der Waals surface area contributed by atoms with E-state index in [2.05, 4.69) is 4.90 Å². The molecular weight excluding hydrogens is 416 g/mol. The topological polar surface area (TPSA) is 67.3 Å². The van der Waals surface area contributed by atoms with E-state index in [1.165, 1.54) is 4.90 Å². The Morgan fingerprint density at radius 3 is 2.12 bits per heavy atom. The normalized spacial score (nSPS) is 17.4. The number of carbonyl (C=O) groups excluding carboxylic acids is 2. The first-order chi connectivity index (χ1) is 15.8. The van der Waals surface area contributed by atoms with E-state index in [9.17, 15) is 14.7 Å². The third-order valence-corrected chi connectivity index (χ3v) is 6.58. The number of piperazine rings is 1. The molecule has 4 rings (SSSR count). The highest BCUT2D eigenvalue weighted by atomic mass is 16.3. The number of β-amino-alcohol motifs (C(OH)–C–C–N with tert-alkyl or cyclic N) is 1. The maximum atomic E-state index is 13.7. The summed E-state index contributed by atoms with van der Waals surface area (Å²) in [6.07, 6.45) is 0. The number of aliphatic hydroxyl groups is 1. The summed E-state index contributed by atoms with van der Waals surface area (Å²) in [7, 11) is 3.91. The molecule has 0 saturated carbocycles. The molecule has 1 saturated heterocycles. The van der Waals surface area contributed by atoms with Gasteiger partial charge in [-0.05, 0) is 54.8 Å². The average molecular weight is 449 g/mol. The molecule has 174 valence electrons. The SMILES string of the molecule is Cc1ccc(C2=C(N3CCN(CCO)CC3)C(=O)N(c3ccc(N(C)C)cc3)C2=O)cc1C. The van der Waals surface area contributed by atoms with Crippen LogP contribution < -0.4 is 9.80 Å². The van der Waals surface area contributed by atoms with Crippen LogP contribution in [0.2, 0.25) is 0 Å². The van der Waals surface area contributed by atoms with Crippen LogP contribution in [0.3, 0.4) is 0 Å². The molecule has 1 fully saturated rings. The van der Waals surface area contributed by atoms with Crippen LogP contribution in [0, 0.1) is 13.8 Å². The molecule has 2 amide bonds. The van der Waals surface area contributed by atoms with Crippen molar-refractivity contribution in [3.8, 4) is 0 Å².